The Morgan fingerprint density at radius 2 is 1.84 bits per heavy atom. The molecule has 0 saturated carbocycles. The standard InChI is InChI=1S/C20H25N4O5.2ClH/c1-24(2,27)11-7-10-21-18-13-8-5-6-9-14(13)22-19-15(28-3)12-16(29-4)20(17(18)19)23(25)26;;/h5-6,8-9,12,27H,7,10-11H2,1-4H3,(H,21,22);2*1H/q+1;;/p-1. The van der Waals surface area contributed by atoms with Crippen molar-refractivity contribution < 1.29 is 36.7 Å². The van der Waals surface area contributed by atoms with Crippen molar-refractivity contribution in [2.24, 2.45) is 0 Å². The molecule has 2 aromatic carbocycles. The van der Waals surface area contributed by atoms with E-state index in [9.17, 15) is 15.3 Å². The second-order valence-corrected chi connectivity index (χ2v) is 7.24. The summed E-state index contributed by atoms with van der Waals surface area (Å²) in [5.74, 6) is 0.497. The van der Waals surface area contributed by atoms with Crippen LogP contribution in [0.4, 0.5) is 11.4 Å². The van der Waals surface area contributed by atoms with E-state index in [1.807, 2.05) is 24.3 Å². The van der Waals surface area contributed by atoms with Gasteiger partial charge in [-0.05, 0) is 6.07 Å². The molecule has 11 heteroatoms. The topological polar surface area (TPSA) is 107 Å². The lowest BCUT2D eigenvalue weighted by Crippen LogP contribution is -3.00. The SMILES string of the molecule is COc1cc(OC)c2nc3ccccc3c(NCCC[N+](C)(C)O)c2c1[N+](=O)[O-].Cl.[Cl-]. The number of hydrogen-bond donors (Lipinski definition) is 2. The van der Waals surface area contributed by atoms with E-state index >= 15 is 0 Å². The van der Waals surface area contributed by atoms with Crippen molar-refractivity contribution in [2.45, 2.75) is 6.42 Å². The molecule has 31 heavy (non-hydrogen) atoms. The summed E-state index contributed by atoms with van der Waals surface area (Å²) in [6.45, 7) is 1.05. The number of nitrogens with one attached hydrogen (secondary N) is 1. The van der Waals surface area contributed by atoms with Gasteiger partial charge in [-0.15, -0.1) is 12.4 Å². The zero-order valence-corrected chi connectivity index (χ0v) is 19.3. The predicted molar refractivity (Wildman–Crippen MR) is 118 cm³/mol. The van der Waals surface area contributed by atoms with Gasteiger partial charge < -0.3 is 27.2 Å². The number of pyridine rings is 1. The van der Waals surface area contributed by atoms with Crippen LogP contribution in [0, 0.1) is 10.1 Å². The van der Waals surface area contributed by atoms with Crippen LogP contribution in [0.25, 0.3) is 21.8 Å². The minimum Gasteiger partial charge on any atom is -1.00 e. The number of anilines is 1. The fourth-order valence-corrected chi connectivity index (χ4v) is 3.36. The van der Waals surface area contributed by atoms with Gasteiger partial charge in [0.05, 0.1) is 44.4 Å². The fraction of sp³-hybridized carbons (Fsp3) is 0.350. The molecule has 0 spiro atoms. The number of rotatable bonds is 8. The van der Waals surface area contributed by atoms with Gasteiger partial charge in [0.1, 0.15) is 23.2 Å². The summed E-state index contributed by atoms with van der Waals surface area (Å²) in [4.78, 5) is 16.1. The molecule has 0 atom stereocenters. The van der Waals surface area contributed by atoms with Crippen molar-refractivity contribution in [3.8, 4) is 11.5 Å². The first-order chi connectivity index (χ1) is 13.8. The number of nitro benzene ring substituents is 1. The lowest BCUT2D eigenvalue weighted by Gasteiger charge is -2.20. The quantitative estimate of drug-likeness (QED) is 0.165. The van der Waals surface area contributed by atoms with Crippen molar-refractivity contribution in [1.29, 1.82) is 0 Å². The molecule has 0 bridgehead atoms. The second-order valence-electron chi connectivity index (χ2n) is 7.24. The average molecular weight is 473 g/mol. The summed E-state index contributed by atoms with van der Waals surface area (Å²) in [5.41, 5.74) is 1.51. The highest BCUT2D eigenvalue weighted by Crippen LogP contribution is 2.45. The van der Waals surface area contributed by atoms with Crippen LogP contribution in [0.3, 0.4) is 0 Å². The maximum Gasteiger partial charge on any atom is 0.322 e. The number of hydroxylamine groups is 3. The molecule has 3 aromatic rings. The number of para-hydroxylation sites is 1. The van der Waals surface area contributed by atoms with Crippen LogP contribution in [-0.4, -0.2) is 61.2 Å². The zero-order valence-electron chi connectivity index (χ0n) is 17.7. The molecule has 0 aliphatic heterocycles. The number of halogens is 2. The van der Waals surface area contributed by atoms with Gasteiger partial charge in [-0.2, -0.15) is 4.65 Å². The second kappa shape index (κ2) is 10.6. The Hall–Kier alpha value is -2.59. The van der Waals surface area contributed by atoms with Gasteiger partial charge in [0.25, 0.3) is 0 Å². The van der Waals surface area contributed by atoms with Crippen LogP contribution in [0.1, 0.15) is 6.42 Å². The Bertz CT molecular complexity index is 1070. The Kier molecular flexibility index (Phi) is 9.07. The highest BCUT2D eigenvalue weighted by Gasteiger charge is 2.27. The third-order valence-electron chi connectivity index (χ3n) is 4.66. The van der Waals surface area contributed by atoms with Gasteiger partial charge in [0, 0.05) is 24.4 Å². The maximum atomic E-state index is 11.9. The van der Waals surface area contributed by atoms with E-state index in [1.165, 1.54) is 20.3 Å². The molecule has 0 aliphatic rings. The molecule has 3 rings (SSSR count). The molecule has 2 N–H and O–H groups in total. The number of nitrogens with zero attached hydrogens (tertiary/aromatic N) is 3. The lowest BCUT2D eigenvalue weighted by molar-refractivity contribution is -1.07. The summed E-state index contributed by atoms with van der Waals surface area (Å²) >= 11 is 0. The lowest BCUT2D eigenvalue weighted by atomic mass is 10.0. The minimum absolute atomic E-state index is 0. The number of aromatic nitrogens is 1. The van der Waals surface area contributed by atoms with E-state index < -0.39 is 4.92 Å². The van der Waals surface area contributed by atoms with Crippen molar-refractivity contribution in [3.05, 3.63) is 40.4 Å². The Morgan fingerprint density at radius 1 is 1.19 bits per heavy atom. The van der Waals surface area contributed by atoms with Gasteiger partial charge in [-0.3, -0.25) is 10.1 Å². The molecule has 0 fully saturated rings. The highest BCUT2D eigenvalue weighted by molar-refractivity contribution is 6.13. The van der Waals surface area contributed by atoms with Crippen molar-refractivity contribution in [3.63, 3.8) is 0 Å². The molecule has 1 aromatic heterocycles. The molecule has 9 nitrogen and oxygen atoms in total. The normalized spacial score (nSPS) is 10.9. The number of nitro groups is 1. The van der Waals surface area contributed by atoms with Crippen molar-refractivity contribution >= 4 is 45.6 Å². The number of benzene rings is 2. The monoisotopic (exact) mass is 472 g/mol. The number of quaternary nitrogens is 1. The molecule has 0 radical (unpaired) electrons. The third kappa shape index (κ3) is 5.56. The summed E-state index contributed by atoms with van der Waals surface area (Å²) < 4.78 is 10.6. The maximum absolute atomic E-state index is 11.9. The first kappa shape index (κ1) is 26.4. The van der Waals surface area contributed by atoms with Gasteiger partial charge in [0.2, 0.25) is 5.75 Å². The number of hydrogen-bond acceptors (Lipinski definition) is 7. The zero-order chi connectivity index (χ0) is 21.2. The molecule has 170 valence electrons. The van der Waals surface area contributed by atoms with Gasteiger partial charge in [-0.1, -0.05) is 18.2 Å². The number of fused-ring (bicyclic) bond motifs is 2. The van der Waals surface area contributed by atoms with Crippen molar-refractivity contribution in [2.75, 3.05) is 46.7 Å². The number of ether oxygens (including phenoxy) is 2. The Morgan fingerprint density at radius 3 is 2.42 bits per heavy atom. The van der Waals surface area contributed by atoms with E-state index in [0.717, 1.165) is 5.39 Å². The molecule has 0 saturated heterocycles. The van der Waals surface area contributed by atoms with Gasteiger partial charge >= 0.3 is 5.69 Å². The third-order valence-corrected chi connectivity index (χ3v) is 4.66. The number of methoxy groups -OCH3 is 2. The fourth-order valence-electron chi connectivity index (χ4n) is 3.36. The largest absolute Gasteiger partial charge is 1.00 e. The minimum atomic E-state index is -0.462. The predicted octanol–water partition coefficient (Wildman–Crippen LogP) is 1.01. The first-order valence-corrected chi connectivity index (χ1v) is 9.18. The first-order valence-electron chi connectivity index (χ1n) is 9.18. The van der Waals surface area contributed by atoms with Crippen LogP contribution in [0.2, 0.25) is 0 Å². The average Bonchev–Trinajstić information content (AvgIpc) is 2.68. The smallest absolute Gasteiger partial charge is 0.322 e. The summed E-state index contributed by atoms with van der Waals surface area (Å²) in [5, 5.41) is 26.2. The van der Waals surface area contributed by atoms with Crippen LogP contribution < -0.4 is 27.2 Å². The molecular weight excluding hydrogens is 447 g/mol. The van der Waals surface area contributed by atoms with Crippen LogP contribution in [-0.2, 0) is 0 Å². The van der Waals surface area contributed by atoms with E-state index in [0.29, 0.717) is 47.4 Å². The molecule has 0 aliphatic carbocycles. The summed E-state index contributed by atoms with van der Waals surface area (Å²) in [7, 11) is 6.26. The van der Waals surface area contributed by atoms with Crippen LogP contribution in [0.15, 0.2) is 30.3 Å². The van der Waals surface area contributed by atoms with E-state index in [2.05, 4.69) is 10.3 Å². The highest BCUT2D eigenvalue weighted by atomic mass is 35.5. The van der Waals surface area contributed by atoms with Gasteiger partial charge in [-0.25, -0.2) is 10.2 Å². The summed E-state index contributed by atoms with van der Waals surface area (Å²) in [6, 6.07) is 8.92. The van der Waals surface area contributed by atoms with E-state index in [1.54, 1.807) is 14.1 Å². The van der Waals surface area contributed by atoms with Crippen LogP contribution in [0.5, 0.6) is 11.5 Å². The molecule has 0 amide bonds. The Labute approximate surface area is 192 Å². The van der Waals surface area contributed by atoms with Crippen LogP contribution >= 0.6 is 12.4 Å². The Balaban J connectivity index is 0.00000240. The molecule has 0 unspecified atom stereocenters. The van der Waals surface area contributed by atoms with E-state index in [4.69, 9.17) is 9.47 Å². The summed E-state index contributed by atoms with van der Waals surface area (Å²) in [6.07, 6.45) is 0.663. The molecule has 1 heterocycles. The van der Waals surface area contributed by atoms with Gasteiger partial charge in [0.15, 0.2) is 0 Å². The van der Waals surface area contributed by atoms with Crippen molar-refractivity contribution in [1.82, 2.24) is 4.98 Å². The van der Waals surface area contributed by atoms with E-state index in [-0.39, 0.29) is 40.9 Å². The molecular formula is C20H26Cl2N4O5.